The van der Waals surface area contributed by atoms with Gasteiger partial charge in [0.05, 0.1) is 17.8 Å². The molecule has 1 saturated heterocycles. The Hall–Kier alpha value is -0.900. The topological polar surface area (TPSA) is 33.5 Å². The van der Waals surface area contributed by atoms with Gasteiger partial charge in [0.2, 0.25) is 5.91 Å². The number of thioether (sulfide) groups is 1. The van der Waals surface area contributed by atoms with Crippen LogP contribution in [0.2, 0.25) is 0 Å². The van der Waals surface area contributed by atoms with E-state index in [1.807, 2.05) is 12.1 Å². The summed E-state index contributed by atoms with van der Waals surface area (Å²) in [4.78, 5) is 14.3. The van der Waals surface area contributed by atoms with Gasteiger partial charge in [0.1, 0.15) is 5.76 Å². The van der Waals surface area contributed by atoms with Gasteiger partial charge in [-0.1, -0.05) is 0 Å². The third kappa shape index (κ3) is 3.31. The maximum absolute atomic E-state index is 12.2. The molecule has 18 heavy (non-hydrogen) atoms. The zero-order chi connectivity index (χ0) is 13.0. The van der Waals surface area contributed by atoms with Crippen molar-refractivity contribution in [1.29, 1.82) is 0 Å². The molecule has 1 fully saturated rings. The van der Waals surface area contributed by atoms with Crippen LogP contribution in [0.15, 0.2) is 22.8 Å². The van der Waals surface area contributed by atoms with E-state index in [4.69, 9.17) is 4.42 Å². The Morgan fingerprint density at radius 3 is 2.78 bits per heavy atom. The van der Waals surface area contributed by atoms with Crippen molar-refractivity contribution in [2.75, 3.05) is 5.75 Å². The number of rotatable bonds is 4. The van der Waals surface area contributed by atoms with E-state index < -0.39 is 0 Å². The monoisotopic (exact) mass is 267 g/mol. The predicted molar refractivity (Wildman–Crippen MR) is 74.5 cm³/mol. The minimum Gasteiger partial charge on any atom is -0.468 e. The van der Waals surface area contributed by atoms with Crippen molar-refractivity contribution in [3.8, 4) is 0 Å². The molecule has 0 aromatic carbocycles. The molecule has 1 aromatic heterocycles. The average Bonchev–Trinajstić information content (AvgIpc) is 2.82. The SMILES string of the molecule is C[C@@H]1CCC[C@@H](C)N1C(=O)CSCc1ccco1. The summed E-state index contributed by atoms with van der Waals surface area (Å²) in [5.41, 5.74) is 0. The van der Waals surface area contributed by atoms with Crippen molar-refractivity contribution in [2.24, 2.45) is 0 Å². The predicted octanol–water partition coefficient (Wildman–Crippen LogP) is 3.30. The van der Waals surface area contributed by atoms with Gasteiger partial charge in [0.25, 0.3) is 0 Å². The van der Waals surface area contributed by atoms with E-state index in [1.54, 1.807) is 18.0 Å². The summed E-state index contributed by atoms with van der Waals surface area (Å²) < 4.78 is 5.26. The second-order valence-corrected chi connectivity index (χ2v) is 5.99. The Kier molecular flexibility index (Phi) is 4.75. The molecule has 0 bridgehead atoms. The van der Waals surface area contributed by atoms with Crippen LogP contribution in [0.1, 0.15) is 38.9 Å². The fourth-order valence-electron chi connectivity index (χ4n) is 2.62. The maximum Gasteiger partial charge on any atom is 0.233 e. The molecule has 100 valence electrons. The molecule has 0 aliphatic carbocycles. The molecule has 3 nitrogen and oxygen atoms in total. The number of piperidine rings is 1. The number of nitrogens with zero attached hydrogens (tertiary/aromatic N) is 1. The van der Waals surface area contributed by atoms with Gasteiger partial charge in [-0.3, -0.25) is 4.79 Å². The molecule has 2 atom stereocenters. The van der Waals surface area contributed by atoms with Gasteiger partial charge in [-0.15, -0.1) is 11.8 Å². The molecular formula is C14H21NO2S. The summed E-state index contributed by atoms with van der Waals surface area (Å²) in [6.45, 7) is 4.31. The van der Waals surface area contributed by atoms with Crippen LogP contribution < -0.4 is 0 Å². The molecular weight excluding hydrogens is 246 g/mol. The first-order chi connectivity index (χ1) is 8.68. The molecule has 1 aliphatic heterocycles. The second-order valence-electron chi connectivity index (χ2n) is 5.00. The highest BCUT2D eigenvalue weighted by atomic mass is 32.2. The summed E-state index contributed by atoms with van der Waals surface area (Å²) in [6, 6.07) is 4.62. The highest BCUT2D eigenvalue weighted by Gasteiger charge is 2.28. The molecule has 0 unspecified atom stereocenters. The van der Waals surface area contributed by atoms with Gasteiger partial charge < -0.3 is 9.32 Å². The first kappa shape index (κ1) is 13.5. The summed E-state index contributed by atoms with van der Waals surface area (Å²) in [5.74, 6) is 2.53. The fourth-order valence-corrected chi connectivity index (χ4v) is 3.41. The van der Waals surface area contributed by atoms with Crippen LogP contribution in [0.4, 0.5) is 0 Å². The lowest BCUT2D eigenvalue weighted by atomic mass is 9.98. The smallest absolute Gasteiger partial charge is 0.233 e. The van der Waals surface area contributed by atoms with E-state index in [2.05, 4.69) is 18.7 Å². The molecule has 2 heterocycles. The highest BCUT2D eigenvalue weighted by Crippen LogP contribution is 2.24. The Morgan fingerprint density at radius 1 is 1.44 bits per heavy atom. The molecule has 1 aliphatic rings. The van der Waals surface area contributed by atoms with Crippen molar-refractivity contribution < 1.29 is 9.21 Å². The van der Waals surface area contributed by atoms with E-state index in [-0.39, 0.29) is 5.91 Å². The minimum absolute atomic E-state index is 0.270. The minimum atomic E-state index is 0.270. The van der Waals surface area contributed by atoms with Crippen LogP contribution >= 0.6 is 11.8 Å². The van der Waals surface area contributed by atoms with Crippen molar-refractivity contribution in [2.45, 2.75) is 50.9 Å². The Balaban J connectivity index is 1.79. The Labute approximate surface area is 113 Å². The second kappa shape index (κ2) is 6.32. The first-order valence-electron chi connectivity index (χ1n) is 6.59. The standard InChI is InChI=1S/C14H21NO2S/c1-11-5-3-6-12(2)15(11)14(16)10-18-9-13-7-4-8-17-13/h4,7-8,11-12H,3,5-6,9-10H2,1-2H3/t11-,12-/m1/s1. The van der Waals surface area contributed by atoms with E-state index >= 15 is 0 Å². The lowest BCUT2D eigenvalue weighted by molar-refractivity contribution is -0.134. The third-order valence-corrected chi connectivity index (χ3v) is 4.47. The molecule has 1 aromatic rings. The lowest BCUT2D eigenvalue weighted by Gasteiger charge is -2.39. The largest absolute Gasteiger partial charge is 0.468 e. The number of hydrogen-bond donors (Lipinski definition) is 0. The van der Waals surface area contributed by atoms with Crippen molar-refractivity contribution in [1.82, 2.24) is 4.90 Å². The maximum atomic E-state index is 12.2. The molecule has 4 heteroatoms. The van der Waals surface area contributed by atoms with Crippen molar-refractivity contribution in [3.05, 3.63) is 24.2 Å². The van der Waals surface area contributed by atoms with Gasteiger partial charge in [-0.25, -0.2) is 0 Å². The molecule has 0 radical (unpaired) electrons. The van der Waals surface area contributed by atoms with E-state index in [0.717, 1.165) is 24.4 Å². The summed E-state index contributed by atoms with van der Waals surface area (Å²) >= 11 is 1.63. The number of carbonyl (C=O) groups excluding carboxylic acids is 1. The van der Waals surface area contributed by atoms with E-state index in [9.17, 15) is 4.79 Å². The third-order valence-electron chi connectivity index (χ3n) is 3.53. The Morgan fingerprint density at radius 2 is 2.17 bits per heavy atom. The zero-order valence-electron chi connectivity index (χ0n) is 11.1. The number of likely N-dealkylation sites (tertiary alicyclic amines) is 1. The number of amides is 1. The van der Waals surface area contributed by atoms with Gasteiger partial charge in [-0.2, -0.15) is 0 Å². The number of furan rings is 1. The fraction of sp³-hybridized carbons (Fsp3) is 0.643. The normalized spacial score (nSPS) is 24.2. The van der Waals surface area contributed by atoms with E-state index in [0.29, 0.717) is 17.8 Å². The molecule has 2 rings (SSSR count). The van der Waals surface area contributed by atoms with Crippen LogP contribution in [-0.4, -0.2) is 28.6 Å². The molecule has 1 amide bonds. The summed E-state index contributed by atoms with van der Waals surface area (Å²) in [7, 11) is 0. The highest BCUT2D eigenvalue weighted by molar-refractivity contribution is 7.99. The average molecular weight is 267 g/mol. The van der Waals surface area contributed by atoms with Crippen LogP contribution in [0.25, 0.3) is 0 Å². The van der Waals surface area contributed by atoms with Gasteiger partial charge in [0, 0.05) is 12.1 Å². The number of hydrogen-bond acceptors (Lipinski definition) is 3. The van der Waals surface area contributed by atoms with Gasteiger partial charge >= 0.3 is 0 Å². The summed E-state index contributed by atoms with van der Waals surface area (Å²) in [6.07, 6.45) is 5.19. The van der Waals surface area contributed by atoms with Crippen molar-refractivity contribution in [3.63, 3.8) is 0 Å². The van der Waals surface area contributed by atoms with Crippen LogP contribution in [0, 0.1) is 0 Å². The lowest BCUT2D eigenvalue weighted by Crippen LogP contribution is -2.48. The van der Waals surface area contributed by atoms with E-state index in [1.165, 1.54) is 6.42 Å². The van der Waals surface area contributed by atoms with Crippen LogP contribution in [-0.2, 0) is 10.5 Å². The number of carbonyl (C=O) groups is 1. The Bertz CT molecular complexity index is 367. The zero-order valence-corrected chi connectivity index (χ0v) is 11.9. The van der Waals surface area contributed by atoms with Gasteiger partial charge in [-0.05, 0) is 45.2 Å². The molecule has 0 N–H and O–H groups in total. The van der Waals surface area contributed by atoms with Gasteiger partial charge in [0.15, 0.2) is 0 Å². The molecule has 0 spiro atoms. The van der Waals surface area contributed by atoms with Crippen molar-refractivity contribution >= 4 is 17.7 Å². The van der Waals surface area contributed by atoms with Crippen LogP contribution in [0.3, 0.4) is 0 Å². The quantitative estimate of drug-likeness (QED) is 0.839. The first-order valence-corrected chi connectivity index (χ1v) is 7.75. The van der Waals surface area contributed by atoms with Crippen LogP contribution in [0.5, 0.6) is 0 Å². The summed E-state index contributed by atoms with van der Waals surface area (Å²) in [5, 5.41) is 0. The molecule has 0 saturated carbocycles.